The van der Waals surface area contributed by atoms with Gasteiger partial charge in [0.2, 0.25) is 15.9 Å². The summed E-state index contributed by atoms with van der Waals surface area (Å²) in [6.07, 6.45) is 3.02. The topological polar surface area (TPSA) is 66.5 Å². The lowest BCUT2D eigenvalue weighted by atomic mass is 9.93. The molecule has 4 rings (SSSR count). The second kappa shape index (κ2) is 8.51. The van der Waals surface area contributed by atoms with E-state index in [0.29, 0.717) is 19.4 Å². The van der Waals surface area contributed by atoms with Crippen molar-refractivity contribution in [1.82, 2.24) is 9.62 Å². The van der Waals surface area contributed by atoms with Crippen LogP contribution in [0.1, 0.15) is 31.2 Å². The third-order valence-electron chi connectivity index (χ3n) is 6.16. The highest BCUT2D eigenvalue weighted by Gasteiger charge is 2.62. The number of rotatable bonds is 5. The summed E-state index contributed by atoms with van der Waals surface area (Å²) >= 11 is 0. The van der Waals surface area contributed by atoms with Gasteiger partial charge in [0.25, 0.3) is 0 Å². The highest BCUT2D eigenvalue weighted by molar-refractivity contribution is 7.88. The van der Waals surface area contributed by atoms with Crippen LogP contribution >= 0.6 is 0 Å². The Hall–Kier alpha value is -2.39. The lowest BCUT2D eigenvalue weighted by molar-refractivity contribution is -0.133. The molecule has 32 heavy (non-hydrogen) atoms. The van der Waals surface area contributed by atoms with Crippen molar-refractivity contribution >= 4 is 15.9 Å². The van der Waals surface area contributed by atoms with Crippen LogP contribution in [0, 0.1) is 17.6 Å². The number of alkyl halides is 1. The van der Waals surface area contributed by atoms with Crippen LogP contribution in [0.5, 0.6) is 0 Å². The van der Waals surface area contributed by atoms with E-state index in [4.69, 9.17) is 0 Å². The van der Waals surface area contributed by atoms with Crippen LogP contribution in [-0.2, 0) is 20.5 Å². The van der Waals surface area contributed by atoms with Gasteiger partial charge in [-0.1, -0.05) is 36.8 Å². The molecular weight excluding hydrogens is 441 g/mol. The summed E-state index contributed by atoms with van der Waals surface area (Å²) in [6.45, 7) is 0.582. The van der Waals surface area contributed by atoms with Gasteiger partial charge >= 0.3 is 0 Å². The molecule has 0 radical (unpaired) electrons. The fraction of sp³-hybridized carbons (Fsp3) is 0.435. The van der Waals surface area contributed by atoms with Crippen molar-refractivity contribution in [2.75, 3.05) is 19.3 Å². The molecule has 2 aliphatic rings. The van der Waals surface area contributed by atoms with Gasteiger partial charge in [-0.15, -0.1) is 0 Å². The van der Waals surface area contributed by atoms with Gasteiger partial charge in [0, 0.05) is 25.6 Å². The Morgan fingerprint density at radius 2 is 1.78 bits per heavy atom. The first-order valence-electron chi connectivity index (χ1n) is 10.6. The van der Waals surface area contributed by atoms with E-state index >= 15 is 4.39 Å². The number of carbonyl (C=O) groups excluding carboxylic acids is 1. The van der Waals surface area contributed by atoms with Crippen LogP contribution in [0.4, 0.5) is 13.2 Å². The van der Waals surface area contributed by atoms with Crippen LogP contribution in [0.2, 0.25) is 0 Å². The Kier molecular flexibility index (Phi) is 6.06. The zero-order valence-corrected chi connectivity index (χ0v) is 18.5. The SMILES string of the molecule is CS(=O)(=O)N[C@H]1CCCCN(C(=O)[C@H]2C[C@]2(F)c2ccccc2-c2c(F)cccc2F)C1. The van der Waals surface area contributed by atoms with E-state index in [2.05, 4.69) is 4.72 Å². The molecule has 1 aliphatic heterocycles. The minimum Gasteiger partial charge on any atom is -0.341 e. The third kappa shape index (κ3) is 4.54. The van der Waals surface area contributed by atoms with Gasteiger partial charge in [-0.3, -0.25) is 4.79 Å². The predicted octanol–water partition coefficient (Wildman–Crippen LogP) is 3.75. The molecule has 1 amide bonds. The average Bonchev–Trinajstić information content (AvgIpc) is 3.45. The van der Waals surface area contributed by atoms with Crippen molar-refractivity contribution in [3.8, 4) is 11.1 Å². The Morgan fingerprint density at radius 1 is 1.09 bits per heavy atom. The van der Waals surface area contributed by atoms with Crippen molar-refractivity contribution in [2.45, 2.75) is 37.4 Å². The zero-order valence-electron chi connectivity index (χ0n) is 17.7. The fourth-order valence-corrected chi connectivity index (χ4v) is 5.40. The standard InChI is InChI=1S/C23H25F3N2O3S/c1-32(30,31)27-15-7-4-5-12-28(14-15)22(29)18-13-23(18,26)17-9-3-2-8-16(17)21-19(24)10-6-11-20(21)25/h2-3,6,8-11,15,18,27H,4-5,7,12-14H2,1H3/t15-,18+,23-/m0/s1. The van der Waals surface area contributed by atoms with Gasteiger partial charge in [-0.05, 0) is 36.1 Å². The average molecular weight is 467 g/mol. The summed E-state index contributed by atoms with van der Waals surface area (Å²) < 4.78 is 70.5. The summed E-state index contributed by atoms with van der Waals surface area (Å²) in [5, 5.41) is 0. The number of nitrogens with one attached hydrogen (secondary N) is 1. The Labute approximate surface area is 185 Å². The van der Waals surface area contributed by atoms with Gasteiger partial charge in [-0.25, -0.2) is 26.3 Å². The summed E-state index contributed by atoms with van der Waals surface area (Å²) in [4.78, 5) is 14.7. The monoisotopic (exact) mass is 466 g/mol. The first-order chi connectivity index (χ1) is 15.1. The maximum absolute atomic E-state index is 16.0. The van der Waals surface area contributed by atoms with Crippen molar-refractivity contribution in [3.05, 3.63) is 59.7 Å². The quantitative estimate of drug-likeness (QED) is 0.730. The van der Waals surface area contributed by atoms with Crippen molar-refractivity contribution < 1.29 is 26.4 Å². The van der Waals surface area contributed by atoms with E-state index in [1.54, 1.807) is 12.1 Å². The first kappa shape index (κ1) is 22.8. The highest BCUT2D eigenvalue weighted by atomic mass is 32.2. The van der Waals surface area contributed by atoms with E-state index in [1.807, 2.05) is 0 Å². The molecule has 0 bridgehead atoms. The second-order valence-corrected chi connectivity index (χ2v) is 10.4. The van der Waals surface area contributed by atoms with E-state index in [1.165, 1.54) is 23.1 Å². The largest absolute Gasteiger partial charge is 0.341 e. The molecule has 2 fully saturated rings. The lowest BCUT2D eigenvalue weighted by Gasteiger charge is -2.25. The summed E-state index contributed by atoms with van der Waals surface area (Å²) in [6, 6.07) is 9.11. The molecule has 3 atom stereocenters. The molecule has 2 aromatic carbocycles. The smallest absolute Gasteiger partial charge is 0.229 e. The number of likely N-dealkylation sites (tertiary alicyclic amines) is 1. The van der Waals surface area contributed by atoms with Crippen molar-refractivity contribution in [1.29, 1.82) is 0 Å². The number of hydrogen-bond acceptors (Lipinski definition) is 3. The first-order valence-corrected chi connectivity index (χ1v) is 12.5. The van der Waals surface area contributed by atoms with Crippen LogP contribution in [0.3, 0.4) is 0 Å². The van der Waals surface area contributed by atoms with Gasteiger partial charge in [0.15, 0.2) is 0 Å². The molecular formula is C23H25F3N2O3S. The van der Waals surface area contributed by atoms with Crippen LogP contribution in [-0.4, -0.2) is 44.6 Å². The van der Waals surface area contributed by atoms with Gasteiger partial charge in [0.1, 0.15) is 17.3 Å². The van der Waals surface area contributed by atoms with E-state index < -0.39 is 45.2 Å². The molecule has 5 nitrogen and oxygen atoms in total. The Morgan fingerprint density at radius 3 is 2.47 bits per heavy atom. The van der Waals surface area contributed by atoms with Gasteiger partial charge in [0.05, 0.1) is 17.7 Å². The van der Waals surface area contributed by atoms with Gasteiger partial charge < -0.3 is 4.90 Å². The highest BCUT2D eigenvalue weighted by Crippen LogP contribution is 2.58. The molecule has 172 valence electrons. The van der Waals surface area contributed by atoms with Crippen LogP contribution in [0.25, 0.3) is 11.1 Å². The number of carbonyl (C=O) groups is 1. The normalized spacial score (nSPS) is 25.9. The zero-order chi connectivity index (χ0) is 23.1. The third-order valence-corrected chi connectivity index (χ3v) is 6.92. The van der Waals surface area contributed by atoms with Crippen LogP contribution < -0.4 is 4.72 Å². The number of benzene rings is 2. The molecule has 1 saturated heterocycles. The minimum atomic E-state index is -3.44. The van der Waals surface area contributed by atoms with E-state index in [-0.39, 0.29) is 29.7 Å². The number of amides is 1. The second-order valence-electron chi connectivity index (χ2n) is 8.63. The molecule has 2 aromatic rings. The lowest BCUT2D eigenvalue weighted by Crippen LogP contribution is -2.45. The summed E-state index contributed by atoms with van der Waals surface area (Å²) in [5.41, 5.74) is -2.17. The predicted molar refractivity (Wildman–Crippen MR) is 115 cm³/mol. The summed E-state index contributed by atoms with van der Waals surface area (Å²) in [5.74, 6) is -2.98. The number of halogens is 3. The molecule has 0 spiro atoms. The van der Waals surface area contributed by atoms with E-state index in [9.17, 15) is 22.0 Å². The number of nitrogens with zero attached hydrogens (tertiary/aromatic N) is 1. The van der Waals surface area contributed by atoms with E-state index in [0.717, 1.165) is 24.8 Å². The maximum atomic E-state index is 16.0. The molecule has 0 aromatic heterocycles. The molecule has 1 N–H and O–H groups in total. The number of sulfonamides is 1. The molecule has 1 aliphatic carbocycles. The molecule has 1 saturated carbocycles. The van der Waals surface area contributed by atoms with Crippen LogP contribution in [0.15, 0.2) is 42.5 Å². The Bertz CT molecular complexity index is 1120. The minimum absolute atomic E-state index is 0.0837. The summed E-state index contributed by atoms with van der Waals surface area (Å²) in [7, 11) is -3.44. The Balaban J connectivity index is 1.59. The fourth-order valence-electron chi connectivity index (χ4n) is 4.60. The molecule has 0 unspecified atom stereocenters. The maximum Gasteiger partial charge on any atom is 0.229 e. The molecule has 9 heteroatoms. The van der Waals surface area contributed by atoms with Crippen molar-refractivity contribution in [2.24, 2.45) is 5.92 Å². The van der Waals surface area contributed by atoms with Crippen molar-refractivity contribution in [3.63, 3.8) is 0 Å². The number of hydrogen-bond donors (Lipinski definition) is 1. The molecule has 1 heterocycles. The van der Waals surface area contributed by atoms with Gasteiger partial charge in [-0.2, -0.15) is 0 Å².